The molecule has 8 heteroatoms. The molecule has 0 aliphatic rings. The fourth-order valence-electron chi connectivity index (χ4n) is 0.730. The van der Waals surface area contributed by atoms with E-state index in [-0.39, 0.29) is 0 Å². The van der Waals surface area contributed by atoms with Gasteiger partial charge in [-0.1, -0.05) is 6.92 Å². The third-order valence-corrected chi connectivity index (χ3v) is 2.60. The predicted molar refractivity (Wildman–Crippen MR) is 51.1 cm³/mol. The highest BCUT2D eigenvalue weighted by Crippen LogP contribution is 2.42. The molecule has 0 aromatic heterocycles. The van der Waals surface area contributed by atoms with Crippen molar-refractivity contribution in [2.24, 2.45) is 0 Å². The Bertz CT molecular complexity index is 300. The maximum absolute atomic E-state index is 11.3. The van der Waals surface area contributed by atoms with Gasteiger partial charge in [0, 0.05) is 0 Å². The van der Waals surface area contributed by atoms with E-state index in [0.29, 0.717) is 6.42 Å². The van der Waals surface area contributed by atoms with Crippen LogP contribution < -0.4 is 5.32 Å². The van der Waals surface area contributed by atoms with Crippen molar-refractivity contribution >= 4 is 13.6 Å². The standard InChI is InChI=1S/C7H13N2O5P/c1-2-6(3-8)14-15(12,13)5-9-4-7(10)11/h6,9H,2,4-5H2,1H3,(H,10,11)(H,12,13). The molecule has 0 saturated carbocycles. The van der Waals surface area contributed by atoms with Gasteiger partial charge in [0.05, 0.1) is 18.9 Å². The molecule has 0 aliphatic heterocycles. The Hall–Kier alpha value is -0.930. The number of hydrogen-bond acceptors (Lipinski definition) is 5. The maximum atomic E-state index is 11.3. The number of aliphatic carboxylic acids is 1. The minimum Gasteiger partial charge on any atom is -0.480 e. The van der Waals surface area contributed by atoms with Crippen LogP contribution >= 0.6 is 7.60 Å². The summed E-state index contributed by atoms with van der Waals surface area (Å²) in [5.41, 5.74) is 0. The van der Waals surface area contributed by atoms with Crippen molar-refractivity contribution in [1.82, 2.24) is 5.32 Å². The van der Waals surface area contributed by atoms with E-state index >= 15 is 0 Å². The first-order valence-electron chi connectivity index (χ1n) is 4.23. The number of nitrogens with zero attached hydrogens (tertiary/aromatic N) is 1. The summed E-state index contributed by atoms with van der Waals surface area (Å²) in [6.45, 7) is 1.20. The molecule has 0 heterocycles. The van der Waals surface area contributed by atoms with Crippen LogP contribution in [0.25, 0.3) is 0 Å². The number of nitrogens with one attached hydrogen (secondary N) is 1. The summed E-state index contributed by atoms with van der Waals surface area (Å²) in [6.07, 6.45) is -1.15. The molecule has 7 nitrogen and oxygen atoms in total. The van der Waals surface area contributed by atoms with Crippen molar-refractivity contribution in [3.63, 3.8) is 0 Å². The molecule has 0 aromatic rings. The van der Waals surface area contributed by atoms with Crippen LogP contribution in [0.15, 0.2) is 0 Å². The molecule has 0 bridgehead atoms. The molecule has 0 spiro atoms. The number of hydrogen-bond donors (Lipinski definition) is 3. The molecule has 86 valence electrons. The summed E-state index contributed by atoms with van der Waals surface area (Å²) < 4.78 is 15.9. The average Bonchev–Trinajstić information content (AvgIpc) is 2.13. The molecule has 0 radical (unpaired) electrons. The highest BCUT2D eigenvalue weighted by Gasteiger charge is 2.23. The molecule has 2 unspecified atom stereocenters. The van der Waals surface area contributed by atoms with E-state index < -0.39 is 32.5 Å². The predicted octanol–water partition coefficient (Wildman–Crippen LogP) is 0.122. The van der Waals surface area contributed by atoms with Gasteiger partial charge in [0.2, 0.25) is 0 Å². The Balaban J connectivity index is 4.02. The molecular weight excluding hydrogens is 223 g/mol. The lowest BCUT2D eigenvalue weighted by molar-refractivity contribution is -0.135. The molecule has 0 aliphatic carbocycles. The summed E-state index contributed by atoms with van der Waals surface area (Å²) in [7, 11) is -3.93. The fraction of sp³-hybridized carbons (Fsp3) is 0.714. The fourth-order valence-corrected chi connectivity index (χ4v) is 1.79. The number of nitriles is 1. The van der Waals surface area contributed by atoms with Crippen molar-refractivity contribution in [1.29, 1.82) is 5.26 Å². The molecular formula is C7H13N2O5P. The molecule has 15 heavy (non-hydrogen) atoms. The van der Waals surface area contributed by atoms with Gasteiger partial charge in [-0.3, -0.25) is 19.2 Å². The van der Waals surface area contributed by atoms with Crippen LogP contribution in [0.1, 0.15) is 13.3 Å². The largest absolute Gasteiger partial charge is 0.480 e. The Kier molecular flexibility index (Phi) is 6.13. The van der Waals surface area contributed by atoms with E-state index in [1.54, 1.807) is 13.0 Å². The zero-order valence-electron chi connectivity index (χ0n) is 8.21. The Morgan fingerprint density at radius 2 is 2.33 bits per heavy atom. The molecule has 3 N–H and O–H groups in total. The lowest BCUT2D eigenvalue weighted by Gasteiger charge is -2.14. The van der Waals surface area contributed by atoms with Crippen LogP contribution in [0.2, 0.25) is 0 Å². The molecule has 0 saturated heterocycles. The molecule has 0 fully saturated rings. The van der Waals surface area contributed by atoms with Crippen LogP contribution in [0.3, 0.4) is 0 Å². The normalized spacial score (nSPS) is 16.3. The molecule has 0 amide bonds. The second-order valence-electron chi connectivity index (χ2n) is 2.75. The molecule has 0 aromatic carbocycles. The summed E-state index contributed by atoms with van der Waals surface area (Å²) in [5.74, 6) is -1.14. The van der Waals surface area contributed by atoms with E-state index in [4.69, 9.17) is 10.4 Å². The monoisotopic (exact) mass is 236 g/mol. The van der Waals surface area contributed by atoms with Gasteiger partial charge in [0.1, 0.15) is 0 Å². The average molecular weight is 236 g/mol. The van der Waals surface area contributed by atoms with Crippen molar-refractivity contribution in [3.05, 3.63) is 0 Å². The van der Waals surface area contributed by atoms with E-state index in [1.807, 2.05) is 0 Å². The highest BCUT2D eigenvalue weighted by molar-refractivity contribution is 7.52. The smallest absolute Gasteiger partial charge is 0.343 e. The maximum Gasteiger partial charge on any atom is 0.343 e. The first-order valence-corrected chi connectivity index (χ1v) is 6.00. The third kappa shape index (κ3) is 7.05. The van der Waals surface area contributed by atoms with Gasteiger partial charge in [-0.25, -0.2) is 0 Å². The van der Waals surface area contributed by atoms with E-state index in [0.717, 1.165) is 0 Å². The van der Waals surface area contributed by atoms with Gasteiger partial charge in [0.25, 0.3) is 0 Å². The van der Waals surface area contributed by atoms with Gasteiger partial charge >= 0.3 is 13.6 Å². The van der Waals surface area contributed by atoms with E-state index in [2.05, 4.69) is 9.84 Å². The van der Waals surface area contributed by atoms with Gasteiger partial charge < -0.3 is 10.00 Å². The zero-order chi connectivity index (χ0) is 11.9. The minimum absolute atomic E-state index is 0.292. The summed E-state index contributed by atoms with van der Waals surface area (Å²) in [5, 5.41) is 19.0. The lowest BCUT2D eigenvalue weighted by atomic mass is 10.3. The van der Waals surface area contributed by atoms with Crippen LogP contribution in [-0.4, -0.2) is 34.9 Å². The van der Waals surface area contributed by atoms with E-state index in [9.17, 15) is 14.3 Å². The molecule has 0 rings (SSSR count). The third-order valence-electron chi connectivity index (χ3n) is 1.39. The molecule has 2 atom stereocenters. The van der Waals surface area contributed by atoms with Gasteiger partial charge in [0.15, 0.2) is 6.10 Å². The number of carbonyl (C=O) groups is 1. The lowest BCUT2D eigenvalue weighted by Crippen LogP contribution is -2.24. The van der Waals surface area contributed by atoms with Crippen molar-refractivity contribution in [3.8, 4) is 6.07 Å². The van der Waals surface area contributed by atoms with Crippen molar-refractivity contribution < 1.29 is 23.9 Å². The Morgan fingerprint density at radius 3 is 2.73 bits per heavy atom. The Labute approximate surface area is 87.2 Å². The Morgan fingerprint density at radius 1 is 1.73 bits per heavy atom. The van der Waals surface area contributed by atoms with Crippen molar-refractivity contribution in [2.75, 3.05) is 12.8 Å². The summed E-state index contributed by atoms with van der Waals surface area (Å²) in [6, 6.07) is 1.71. The number of carboxylic acid groups (broad SMARTS) is 1. The van der Waals surface area contributed by atoms with Crippen LogP contribution in [0, 0.1) is 11.3 Å². The summed E-state index contributed by atoms with van der Waals surface area (Å²) in [4.78, 5) is 19.3. The first kappa shape index (κ1) is 14.1. The quantitative estimate of drug-likeness (QED) is 0.537. The van der Waals surface area contributed by atoms with Gasteiger partial charge in [-0.05, 0) is 6.42 Å². The minimum atomic E-state index is -3.93. The van der Waals surface area contributed by atoms with Crippen molar-refractivity contribution in [2.45, 2.75) is 19.4 Å². The summed E-state index contributed by atoms with van der Waals surface area (Å²) >= 11 is 0. The van der Waals surface area contributed by atoms with Crippen LogP contribution in [0.4, 0.5) is 0 Å². The topological polar surface area (TPSA) is 120 Å². The van der Waals surface area contributed by atoms with Gasteiger partial charge in [-0.15, -0.1) is 0 Å². The SMILES string of the molecule is CCC(C#N)OP(=O)(O)CNCC(=O)O. The number of carboxylic acids is 1. The van der Waals surface area contributed by atoms with Gasteiger partial charge in [-0.2, -0.15) is 5.26 Å². The van der Waals surface area contributed by atoms with Crippen LogP contribution in [0.5, 0.6) is 0 Å². The first-order chi connectivity index (χ1) is 6.91. The van der Waals surface area contributed by atoms with E-state index in [1.165, 1.54) is 0 Å². The second kappa shape index (κ2) is 6.53. The zero-order valence-corrected chi connectivity index (χ0v) is 9.11. The second-order valence-corrected chi connectivity index (χ2v) is 4.55. The highest BCUT2D eigenvalue weighted by atomic mass is 31.2. The van der Waals surface area contributed by atoms with Crippen LogP contribution in [-0.2, 0) is 13.9 Å². The number of rotatable bonds is 7.